The van der Waals surface area contributed by atoms with Gasteiger partial charge in [-0.1, -0.05) is 0 Å². The lowest BCUT2D eigenvalue weighted by molar-refractivity contribution is -0.425. The number of amides is 1. The first-order valence-corrected chi connectivity index (χ1v) is 8.14. The van der Waals surface area contributed by atoms with E-state index in [2.05, 4.69) is 16.0 Å². The molecule has 6 heteroatoms. The highest BCUT2D eigenvalue weighted by Gasteiger charge is 2.23. The fraction of sp³-hybridized carbons (Fsp3) is 0.333. The summed E-state index contributed by atoms with van der Waals surface area (Å²) in [5, 5.41) is 3.04. The first kappa shape index (κ1) is 16.4. The molecule has 3 rings (SSSR count). The maximum absolute atomic E-state index is 13.0. The number of carbonyl (C=O) groups excluding carboxylic acids is 1. The predicted octanol–water partition coefficient (Wildman–Crippen LogP) is 2.30. The van der Waals surface area contributed by atoms with Gasteiger partial charge in [-0.25, -0.2) is 9.37 Å². The van der Waals surface area contributed by atoms with Crippen LogP contribution in [-0.4, -0.2) is 23.0 Å². The van der Waals surface area contributed by atoms with E-state index in [0.29, 0.717) is 17.4 Å². The Bertz CT molecular complexity index is 698. The molecule has 1 aromatic carbocycles. The summed E-state index contributed by atoms with van der Waals surface area (Å²) in [6, 6.07) is 9.61. The van der Waals surface area contributed by atoms with E-state index in [4.69, 9.17) is 4.74 Å². The molecule has 2 aromatic rings. The Kier molecular flexibility index (Phi) is 5.05. The number of rotatable bonds is 4. The van der Waals surface area contributed by atoms with E-state index in [1.807, 2.05) is 0 Å². The normalized spacial score (nSPS) is 20.4. The van der Waals surface area contributed by atoms with Crippen LogP contribution in [0.4, 0.5) is 4.39 Å². The van der Waals surface area contributed by atoms with Gasteiger partial charge < -0.3 is 15.8 Å². The number of hydrogen-bond donors (Lipinski definition) is 2. The van der Waals surface area contributed by atoms with Crippen LogP contribution in [0.2, 0.25) is 0 Å². The Morgan fingerprint density at radius 1 is 1.17 bits per heavy atom. The fourth-order valence-electron chi connectivity index (χ4n) is 2.83. The molecule has 0 atom stereocenters. The first-order valence-electron chi connectivity index (χ1n) is 8.14. The lowest BCUT2D eigenvalue weighted by atomic mass is 9.91. The van der Waals surface area contributed by atoms with Gasteiger partial charge in [-0.3, -0.25) is 4.79 Å². The van der Waals surface area contributed by atoms with Gasteiger partial charge in [0.05, 0.1) is 6.04 Å². The number of quaternary nitrogens is 1. The highest BCUT2D eigenvalue weighted by molar-refractivity contribution is 5.96. The zero-order chi connectivity index (χ0) is 16.9. The lowest BCUT2D eigenvalue weighted by Crippen LogP contribution is -2.62. The van der Waals surface area contributed by atoms with Crippen LogP contribution >= 0.6 is 0 Å². The van der Waals surface area contributed by atoms with E-state index in [9.17, 15) is 9.18 Å². The molecule has 0 aliphatic heterocycles. The minimum absolute atomic E-state index is 0.161. The van der Waals surface area contributed by atoms with Crippen molar-refractivity contribution in [1.82, 2.24) is 10.3 Å². The molecule has 24 heavy (non-hydrogen) atoms. The van der Waals surface area contributed by atoms with Crippen LogP contribution in [0.1, 0.15) is 36.0 Å². The number of hydrogen-bond acceptors (Lipinski definition) is 3. The average Bonchev–Trinajstić information content (AvgIpc) is 2.59. The van der Waals surface area contributed by atoms with Crippen LogP contribution in [0, 0.1) is 5.82 Å². The SMILES string of the molecule is [NH3+]C1CCC(NC(=O)c2cccnc2Oc2ccc(F)cc2)CC1. The molecule has 0 radical (unpaired) electrons. The number of carbonyl (C=O) groups is 1. The van der Waals surface area contributed by atoms with Gasteiger partial charge in [-0.15, -0.1) is 0 Å². The zero-order valence-electron chi connectivity index (χ0n) is 13.4. The fourth-order valence-corrected chi connectivity index (χ4v) is 2.83. The third-order valence-electron chi connectivity index (χ3n) is 4.23. The molecule has 1 saturated carbocycles. The Morgan fingerprint density at radius 3 is 2.58 bits per heavy atom. The van der Waals surface area contributed by atoms with Crippen molar-refractivity contribution in [3.05, 3.63) is 54.0 Å². The molecule has 1 aromatic heterocycles. The van der Waals surface area contributed by atoms with E-state index in [0.717, 1.165) is 25.7 Å². The van der Waals surface area contributed by atoms with Crippen molar-refractivity contribution < 1.29 is 19.7 Å². The number of nitrogens with zero attached hydrogens (tertiary/aromatic N) is 1. The first-order chi connectivity index (χ1) is 11.6. The van der Waals surface area contributed by atoms with Gasteiger partial charge in [0.25, 0.3) is 5.91 Å². The maximum Gasteiger partial charge on any atom is 0.257 e. The van der Waals surface area contributed by atoms with E-state index < -0.39 is 0 Å². The van der Waals surface area contributed by atoms with Crippen molar-refractivity contribution in [3.63, 3.8) is 0 Å². The molecule has 1 heterocycles. The quantitative estimate of drug-likeness (QED) is 0.903. The molecule has 0 bridgehead atoms. The van der Waals surface area contributed by atoms with Crippen molar-refractivity contribution >= 4 is 5.91 Å². The number of pyridine rings is 1. The van der Waals surface area contributed by atoms with Gasteiger partial charge in [0, 0.05) is 25.1 Å². The summed E-state index contributed by atoms with van der Waals surface area (Å²) in [7, 11) is 0. The van der Waals surface area contributed by atoms with E-state index >= 15 is 0 Å². The molecule has 0 unspecified atom stereocenters. The Morgan fingerprint density at radius 2 is 1.88 bits per heavy atom. The summed E-state index contributed by atoms with van der Waals surface area (Å²) in [4.78, 5) is 16.7. The van der Waals surface area contributed by atoms with E-state index in [1.54, 1.807) is 18.3 Å². The van der Waals surface area contributed by atoms with Gasteiger partial charge >= 0.3 is 0 Å². The Hall–Kier alpha value is -2.47. The Balaban J connectivity index is 1.71. The highest BCUT2D eigenvalue weighted by Crippen LogP contribution is 2.24. The van der Waals surface area contributed by atoms with E-state index in [-0.39, 0.29) is 23.6 Å². The largest absolute Gasteiger partial charge is 0.438 e. The summed E-state index contributed by atoms with van der Waals surface area (Å²) >= 11 is 0. The van der Waals surface area contributed by atoms with Gasteiger partial charge in [0.15, 0.2) is 0 Å². The summed E-state index contributed by atoms with van der Waals surface area (Å²) in [6.07, 6.45) is 5.49. The molecular weight excluding hydrogens is 309 g/mol. The molecule has 0 spiro atoms. The minimum Gasteiger partial charge on any atom is -0.438 e. The van der Waals surface area contributed by atoms with Crippen molar-refractivity contribution in [2.24, 2.45) is 0 Å². The number of nitrogens with one attached hydrogen (secondary N) is 1. The van der Waals surface area contributed by atoms with Gasteiger partial charge in [-0.05, 0) is 49.2 Å². The van der Waals surface area contributed by atoms with Gasteiger partial charge in [-0.2, -0.15) is 0 Å². The number of aromatic nitrogens is 1. The highest BCUT2D eigenvalue weighted by atomic mass is 19.1. The van der Waals surface area contributed by atoms with Gasteiger partial charge in [0.1, 0.15) is 17.1 Å². The third kappa shape index (κ3) is 4.08. The molecule has 1 amide bonds. The molecular formula is C18H21FN3O2+. The topological polar surface area (TPSA) is 78.9 Å². The lowest BCUT2D eigenvalue weighted by Gasteiger charge is -2.25. The minimum atomic E-state index is -0.345. The maximum atomic E-state index is 13.0. The van der Waals surface area contributed by atoms with Crippen LogP contribution in [0.5, 0.6) is 11.6 Å². The second-order valence-electron chi connectivity index (χ2n) is 6.10. The third-order valence-corrected chi connectivity index (χ3v) is 4.23. The number of ether oxygens (including phenoxy) is 1. The van der Waals surface area contributed by atoms with Crippen molar-refractivity contribution in [1.29, 1.82) is 0 Å². The summed E-state index contributed by atoms with van der Waals surface area (Å²) in [5.41, 5.74) is 4.44. The summed E-state index contributed by atoms with van der Waals surface area (Å²) < 4.78 is 18.6. The van der Waals surface area contributed by atoms with Crippen molar-refractivity contribution in [2.45, 2.75) is 37.8 Å². The molecule has 1 aliphatic carbocycles. The summed E-state index contributed by atoms with van der Waals surface area (Å²) in [5.74, 6) is 0.101. The predicted molar refractivity (Wildman–Crippen MR) is 87.1 cm³/mol. The standard InChI is InChI=1S/C18H20FN3O2/c19-12-3-9-15(10-4-12)24-18-16(2-1-11-21-18)17(23)22-14-7-5-13(20)6-8-14/h1-4,9-11,13-14H,5-8,20H2,(H,22,23)/p+1. The molecule has 1 fully saturated rings. The zero-order valence-corrected chi connectivity index (χ0v) is 13.4. The molecule has 5 nitrogen and oxygen atoms in total. The van der Waals surface area contributed by atoms with Crippen LogP contribution in [-0.2, 0) is 0 Å². The summed E-state index contributed by atoms with van der Waals surface area (Å²) in [6.45, 7) is 0. The molecule has 1 aliphatic rings. The number of benzene rings is 1. The van der Waals surface area contributed by atoms with E-state index in [1.165, 1.54) is 24.3 Å². The smallest absolute Gasteiger partial charge is 0.257 e. The van der Waals surface area contributed by atoms with Crippen LogP contribution < -0.4 is 15.8 Å². The van der Waals surface area contributed by atoms with Crippen LogP contribution in [0.3, 0.4) is 0 Å². The van der Waals surface area contributed by atoms with Crippen LogP contribution in [0.25, 0.3) is 0 Å². The Labute approximate surface area is 140 Å². The second-order valence-corrected chi connectivity index (χ2v) is 6.10. The van der Waals surface area contributed by atoms with Crippen molar-refractivity contribution in [3.8, 4) is 11.6 Å². The molecule has 126 valence electrons. The van der Waals surface area contributed by atoms with Gasteiger partial charge in [0.2, 0.25) is 5.88 Å². The van der Waals surface area contributed by atoms with Crippen LogP contribution in [0.15, 0.2) is 42.6 Å². The molecule has 4 N–H and O–H groups in total. The second kappa shape index (κ2) is 7.40. The molecule has 0 saturated heterocycles. The monoisotopic (exact) mass is 330 g/mol. The number of halogens is 1. The average molecular weight is 330 g/mol. The van der Waals surface area contributed by atoms with Crippen molar-refractivity contribution in [2.75, 3.05) is 0 Å².